The van der Waals surface area contributed by atoms with Crippen LogP contribution in [0.5, 0.6) is 0 Å². The smallest absolute Gasteiger partial charge is 0.0720 e. The number of ether oxygens (including phenoxy) is 1. The Kier molecular flexibility index (Phi) is 5.22. The van der Waals surface area contributed by atoms with Gasteiger partial charge >= 0.3 is 0 Å². The summed E-state index contributed by atoms with van der Waals surface area (Å²) in [5.41, 5.74) is 5.61. The highest BCUT2D eigenvalue weighted by atomic mass is 16.5. The van der Waals surface area contributed by atoms with Crippen molar-refractivity contribution in [1.29, 1.82) is 0 Å². The summed E-state index contributed by atoms with van der Waals surface area (Å²) in [6, 6.07) is 30.9. The molecule has 148 valence electrons. The first-order valence-corrected chi connectivity index (χ1v) is 10.8. The molecule has 0 amide bonds. The van der Waals surface area contributed by atoms with Gasteiger partial charge in [0.25, 0.3) is 0 Å². The number of likely N-dealkylation sites (tertiary alicyclic amines) is 1. The number of hydrogen-bond donors (Lipinski definition) is 0. The number of hydrogen-bond acceptors (Lipinski definition) is 2. The van der Waals surface area contributed by atoms with E-state index in [2.05, 4.69) is 89.8 Å². The van der Waals surface area contributed by atoms with E-state index in [9.17, 15) is 0 Å². The Morgan fingerprint density at radius 1 is 0.862 bits per heavy atom. The molecule has 1 fully saturated rings. The van der Waals surface area contributed by atoms with E-state index in [1.807, 2.05) is 0 Å². The zero-order valence-corrected chi connectivity index (χ0v) is 17.0. The molecule has 29 heavy (non-hydrogen) atoms. The normalized spacial score (nSPS) is 24.3. The van der Waals surface area contributed by atoms with Crippen LogP contribution in [0.4, 0.5) is 0 Å². The van der Waals surface area contributed by atoms with Crippen molar-refractivity contribution in [2.24, 2.45) is 0 Å². The third-order valence-corrected chi connectivity index (χ3v) is 6.86. The molecule has 0 aliphatic carbocycles. The minimum atomic E-state index is -0.0546. The van der Waals surface area contributed by atoms with Gasteiger partial charge in [-0.25, -0.2) is 0 Å². The standard InChI is InChI=1S/C27H29NO/c1-3-9-22(10-4-1)23-15-17-28(19-23)18-16-27(25-12-5-2-6-13-25)21-29-20-24-11-7-8-14-26(24)27/h1-14,23H,15-21H2. The summed E-state index contributed by atoms with van der Waals surface area (Å²) in [6.45, 7) is 4.95. The fourth-order valence-corrected chi connectivity index (χ4v) is 5.26. The zero-order chi connectivity index (χ0) is 19.5. The Morgan fingerprint density at radius 2 is 1.59 bits per heavy atom. The summed E-state index contributed by atoms with van der Waals surface area (Å²) in [4.78, 5) is 2.65. The highest BCUT2D eigenvalue weighted by Gasteiger charge is 2.39. The van der Waals surface area contributed by atoms with Crippen molar-refractivity contribution in [2.45, 2.75) is 30.8 Å². The quantitative estimate of drug-likeness (QED) is 0.586. The minimum Gasteiger partial charge on any atom is -0.375 e. The van der Waals surface area contributed by atoms with E-state index in [1.54, 1.807) is 0 Å². The topological polar surface area (TPSA) is 12.5 Å². The Morgan fingerprint density at radius 3 is 2.41 bits per heavy atom. The lowest BCUT2D eigenvalue weighted by Crippen LogP contribution is -2.40. The van der Waals surface area contributed by atoms with Gasteiger partial charge in [-0.1, -0.05) is 84.9 Å². The lowest BCUT2D eigenvalue weighted by Gasteiger charge is -2.40. The molecule has 0 aromatic heterocycles. The van der Waals surface area contributed by atoms with Crippen LogP contribution in [0.25, 0.3) is 0 Å². The van der Waals surface area contributed by atoms with Gasteiger partial charge < -0.3 is 9.64 Å². The molecule has 2 unspecified atom stereocenters. The average molecular weight is 384 g/mol. The van der Waals surface area contributed by atoms with Crippen molar-refractivity contribution in [1.82, 2.24) is 4.90 Å². The minimum absolute atomic E-state index is 0.0546. The van der Waals surface area contributed by atoms with Crippen LogP contribution >= 0.6 is 0 Å². The largest absolute Gasteiger partial charge is 0.375 e. The molecule has 3 aromatic rings. The summed E-state index contributed by atoms with van der Waals surface area (Å²) in [7, 11) is 0. The van der Waals surface area contributed by atoms with Crippen LogP contribution in [0.3, 0.4) is 0 Å². The fraction of sp³-hybridized carbons (Fsp3) is 0.333. The summed E-state index contributed by atoms with van der Waals surface area (Å²) in [6.07, 6.45) is 2.35. The van der Waals surface area contributed by atoms with Crippen LogP contribution in [-0.2, 0) is 16.8 Å². The molecule has 2 heterocycles. The van der Waals surface area contributed by atoms with Gasteiger partial charge in [0.15, 0.2) is 0 Å². The molecule has 0 bridgehead atoms. The number of fused-ring (bicyclic) bond motifs is 1. The first-order valence-electron chi connectivity index (χ1n) is 10.8. The van der Waals surface area contributed by atoms with E-state index in [-0.39, 0.29) is 5.41 Å². The molecular weight excluding hydrogens is 354 g/mol. The number of benzene rings is 3. The highest BCUT2D eigenvalue weighted by molar-refractivity contribution is 5.45. The van der Waals surface area contributed by atoms with Gasteiger partial charge in [-0.3, -0.25) is 0 Å². The van der Waals surface area contributed by atoms with Crippen LogP contribution in [0.2, 0.25) is 0 Å². The van der Waals surface area contributed by atoms with Crippen molar-refractivity contribution in [2.75, 3.05) is 26.2 Å². The maximum atomic E-state index is 6.15. The van der Waals surface area contributed by atoms with Gasteiger partial charge in [0.1, 0.15) is 0 Å². The molecule has 1 saturated heterocycles. The van der Waals surface area contributed by atoms with Crippen molar-refractivity contribution in [3.63, 3.8) is 0 Å². The predicted molar refractivity (Wildman–Crippen MR) is 118 cm³/mol. The molecule has 2 aliphatic rings. The summed E-state index contributed by atoms with van der Waals surface area (Å²) in [5.74, 6) is 0.666. The van der Waals surface area contributed by atoms with E-state index in [4.69, 9.17) is 4.74 Å². The third-order valence-electron chi connectivity index (χ3n) is 6.86. The second kappa shape index (κ2) is 8.14. The molecule has 2 aliphatic heterocycles. The van der Waals surface area contributed by atoms with Crippen LogP contribution in [0.15, 0.2) is 84.9 Å². The monoisotopic (exact) mass is 383 g/mol. The molecule has 0 saturated carbocycles. The zero-order valence-electron chi connectivity index (χ0n) is 17.0. The van der Waals surface area contributed by atoms with Gasteiger partial charge in [0, 0.05) is 12.0 Å². The van der Waals surface area contributed by atoms with Crippen LogP contribution in [0.1, 0.15) is 41.0 Å². The predicted octanol–water partition coefficient (Wildman–Crippen LogP) is 5.38. The van der Waals surface area contributed by atoms with Gasteiger partial charge in [-0.05, 0) is 54.1 Å². The first-order chi connectivity index (χ1) is 14.4. The van der Waals surface area contributed by atoms with Crippen molar-refractivity contribution in [3.05, 3.63) is 107 Å². The fourth-order valence-electron chi connectivity index (χ4n) is 5.26. The Hall–Kier alpha value is -2.42. The molecule has 2 atom stereocenters. The van der Waals surface area contributed by atoms with Crippen LogP contribution < -0.4 is 0 Å². The molecule has 2 nitrogen and oxygen atoms in total. The first kappa shape index (κ1) is 18.6. The number of rotatable bonds is 5. The van der Waals surface area contributed by atoms with E-state index in [1.165, 1.54) is 35.2 Å². The molecule has 0 spiro atoms. The Balaban J connectivity index is 1.39. The van der Waals surface area contributed by atoms with E-state index >= 15 is 0 Å². The summed E-state index contributed by atoms with van der Waals surface area (Å²) >= 11 is 0. The maximum Gasteiger partial charge on any atom is 0.0720 e. The Bertz CT molecular complexity index is 939. The molecular formula is C27H29NO. The van der Waals surface area contributed by atoms with E-state index in [0.29, 0.717) is 5.92 Å². The van der Waals surface area contributed by atoms with Gasteiger partial charge in [0.2, 0.25) is 0 Å². The van der Waals surface area contributed by atoms with Crippen LogP contribution in [-0.4, -0.2) is 31.1 Å². The molecule has 0 radical (unpaired) electrons. The maximum absolute atomic E-state index is 6.15. The molecule has 3 aromatic carbocycles. The van der Waals surface area contributed by atoms with Gasteiger partial charge in [-0.2, -0.15) is 0 Å². The highest BCUT2D eigenvalue weighted by Crippen LogP contribution is 2.41. The molecule has 5 rings (SSSR count). The second-order valence-electron chi connectivity index (χ2n) is 8.54. The molecule has 2 heteroatoms. The Labute approximate surface area is 174 Å². The lowest BCUT2D eigenvalue weighted by atomic mass is 9.70. The van der Waals surface area contributed by atoms with Crippen LogP contribution in [0, 0.1) is 0 Å². The SMILES string of the molecule is c1ccc(C2CCN(CCC3(c4ccccc4)COCc4ccccc43)C2)cc1. The van der Waals surface area contributed by atoms with Crippen molar-refractivity contribution < 1.29 is 4.74 Å². The van der Waals surface area contributed by atoms with Gasteiger partial charge in [-0.15, -0.1) is 0 Å². The van der Waals surface area contributed by atoms with E-state index < -0.39 is 0 Å². The van der Waals surface area contributed by atoms with Crippen molar-refractivity contribution >= 4 is 0 Å². The van der Waals surface area contributed by atoms with Gasteiger partial charge in [0.05, 0.1) is 13.2 Å². The third kappa shape index (κ3) is 3.63. The summed E-state index contributed by atoms with van der Waals surface area (Å²) in [5, 5.41) is 0. The summed E-state index contributed by atoms with van der Waals surface area (Å²) < 4.78 is 6.15. The average Bonchev–Trinajstić information content (AvgIpc) is 3.28. The second-order valence-corrected chi connectivity index (χ2v) is 8.54. The number of nitrogens with zero attached hydrogens (tertiary/aromatic N) is 1. The van der Waals surface area contributed by atoms with Crippen molar-refractivity contribution in [3.8, 4) is 0 Å². The van der Waals surface area contributed by atoms with E-state index in [0.717, 1.165) is 32.7 Å². The lowest BCUT2D eigenvalue weighted by molar-refractivity contribution is 0.0584. The molecule has 0 N–H and O–H groups in total.